The number of carbonyl (C=O) groups is 3. The molecule has 1 aromatic heterocycles. The van der Waals surface area contributed by atoms with Crippen molar-refractivity contribution < 1.29 is 24.6 Å². The average molecular weight is 454 g/mol. The van der Waals surface area contributed by atoms with Gasteiger partial charge in [-0.1, -0.05) is 25.1 Å². The fraction of sp³-hybridized carbons (Fsp3) is 0.348. The maximum Gasteiger partial charge on any atom is 0.326 e. The fourth-order valence-electron chi connectivity index (χ4n) is 3.94. The molecule has 6 N–H and O–H groups in total. The van der Waals surface area contributed by atoms with Gasteiger partial charge in [0.25, 0.3) is 11.5 Å². The molecule has 2 aromatic rings. The molecular weight excluding hydrogens is 428 g/mol. The van der Waals surface area contributed by atoms with Crippen LogP contribution < -0.4 is 16.6 Å². The number of nitrogens with one attached hydrogen (secondary N) is 2. The number of amides is 1. The lowest BCUT2D eigenvalue weighted by molar-refractivity contribution is -0.140. The summed E-state index contributed by atoms with van der Waals surface area (Å²) in [6.45, 7) is 2.02. The molecule has 1 unspecified atom stereocenters. The Labute approximate surface area is 189 Å². The van der Waals surface area contributed by atoms with Gasteiger partial charge in [-0.3, -0.25) is 19.4 Å². The molecule has 0 saturated carbocycles. The topological polar surface area (TPSA) is 175 Å². The highest BCUT2D eigenvalue weighted by Gasteiger charge is 2.24. The number of nitrogens with two attached hydrogens (primary N) is 1. The Morgan fingerprint density at radius 2 is 1.91 bits per heavy atom. The molecule has 0 fully saturated rings. The number of aromatic amines is 1. The molecule has 1 amide bonds. The number of aliphatic carboxylic acids is 2. The Morgan fingerprint density at radius 1 is 1.21 bits per heavy atom. The van der Waals surface area contributed by atoms with Gasteiger partial charge in [0.05, 0.1) is 11.3 Å². The third kappa shape index (κ3) is 5.65. The lowest BCUT2D eigenvalue weighted by Gasteiger charge is -2.15. The van der Waals surface area contributed by atoms with E-state index >= 15 is 0 Å². The van der Waals surface area contributed by atoms with Crippen molar-refractivity contribution in [2.75, 3.05) is 5.73 Å². The predicted octanol–water partition coefficient (Wildman–Crippen LogP) is 1.92. The van der Waals surface area contributed by atoms with E-state index in [4.69, 9.17) is 10.8 Å². The van der Waals surface area contributed by atoms with E-state index in [9.17, 15) is 24.3 Å². The number of carbonyl (C=O) groups excluding carboxylic acids is 1. The largest absolute Gasteiger partial charge is 0.481 e. The molecule has 1 aromatic carbocycles. The summed E-state index contributed by atoms with van der Waals surface area (Å²) in [6, 6.07) is 5.48. The number of hydrogen-bond donors (Lipinski definition) is 5. The van der Waals surface area contributed by atoms with E-state index in [1.165, 1.54) is 0 Å². The second-order valence-electron chi connectivity index (χ2n) is 7.90. The van der Waals surface area contributed by atoms with Crippen LogP contribution in [0.15, 0.2) is 35.1 Å². The summed E-state index contributed by atoms with van der Waals surface area (Å²) in [5, 5.41) is 20.3. The Kier molecular flexibility index (Phi) is 7.27. The number of H-pyrrole nitrogens is 1. The van der Waals surface area contributed by atoms with Crippen molar-refractivity contribution in [3.05, 3.63) is 63.1 Å². The Morgan fingerprint density at radius 3 is 2.52 bits per heavy atom. The first-order chi connectivity index (χ1) is 15.7. The molecule has 174 valence electrons. The maximum absolute atomic E-state index is 12.4. The van der Waals surface area contributed by atoms with Gasteiger partial charge in [0.2, 0.25) is 5.95 Å². The van der Waals surface area contributed by atoms with E-state index in [2.05, 4.69) is 15.3 Å². The number of rotatable bonds is 9. The first-order valence-corrected chi connectivity index (χ1v) is 10.6. The first-order valence-electron chi connectivity index (χ1n) is 10.6. The van der Waals surface area contributed by atoms with Crippen molar-refractivity contribution in [3.8, 4) is 0 Å². The molecule has 10 nitrogen and oxygen atoms in total. The number of allylic oxidation sites excluding steroid dienone is 2. The van der Waals surface area contributed by atoms with Gasteiger partial charge in [0.15, 0.2) is 0 Å². The van der Waals surface area contributed by atoms with Crippen LogP contribution in [0.25, 0.3) is 5.57 Å². The number of benzene rings is 1. The van der Waals surface area contributed by atoms with E-state index in [1.807, 2.05) is 13.0 Å². The van der Waals surface area contributed by atoms with Gasteiger partial charge in [-0.25, -0.2) is 9.78 Å². The van der Waals surface area contributed by atoms with Crippen LogP contribution in [0.4, 0.5) is 5.95 Å². The summed E-state index contributed by atoms with van der Waals surface area (Å²) < 4.78 is 0. The van der Waals surface area contributed by atoms with Crippen LogP contribution in [-0.4, -0.2) is 44.1 Å². The minimum Gasteiger partial charge on any atom is -0.481 e. The van der Waals surface area contributed by atoms with Crippen molar-refractivity contribution in [2.45, 2.75) is 51.0 Å². The summed E-state index contributed by atoms with van der Waals surface area (Å²) >= 11 is 0. The highest BCUT2D eigenvalue weighted by Crippen LogP contribution is 2.33. The lowest BCUT2D eigenvalue weighted by Crippen LogP contribution is -2.41. The van der Waals surface area contributed by atoms with Crippen LogP contribution in [0.1, 0.15) is 65.7 Å². The van der Waals surface area contributed by atoms with Crippen LogP contribution in [-0.2, 0) is 16.0 Å². The van der Waals surface area contributed by atoms with Gasteiger partial charge >= 0.3 is 11.9 Å². The number of aromatic nitrogens is 2. The summed E-state index contributed by atoms with van der Waals surface area (Å²) in [5.74, 6) is -2.91. The third-order valence-electron chi connectivity index (χ3n) is 5.66. The quantitative estimate of drug-likeness (QED) is 0.382. The Bertz CT molecular complexity index is 1150. The number of aryl methyl sites for hydroxylation is 1. The SMILES string of the molecule is CCC(C=C1CCc2nc(N)[nH]c(=O)c21)c1ccc(C(=O)N[C@@H](CCC(=O)O)C(=O)O)cc1. The van der Waals surface area contributed by atoms with E-state index in [1.54, 1.807) is 24.3 Å². The molecule has 0 radical (unpaired) electrons. The summed E-state index contributed by atoms with van der Waals surface area (Å²) in [6.07, 6.45) is 3.58. The number of carboxylic acids is 2. The third-order valence-corrected chi connectivity index (χ3v) is 5.66. The number of fused-ring (bicyclic) bond motifs is 1. The number of nitrogen functional groups attached to an aromatic ring is 1. The van der Waals surface area contributed by atoms with E-state index in [0.29, 0.717) is 24.1 Å². The molecule has 0 bridgehead atoms. The highest BCUT2D eigenvalue weighted by molar-refractivity contribution is 5.96. The second kappa shape index (κ2) is 10.1. The van der Waals surface area contributed by atoms with Gasteiger partial charge < -0.3 is 21.3 Å². The monoisotopic (exact) mass is 454 g/mol. The molecular formula is C23H26N4O6. The van der Waals surface area contributed by atoms with Gasteiger partial charge in [-0.05, 0) is 49.0 Å². The van der Waals surface area contributed by atoms with Gasteiger partial charge in [-0.15, -0.1) is 0 Å². The van der Waals surface area contributed by atoms with Crippen LogP contribution in [0, 0.1) is 0 Å². The highest BCUT2D eigenvalue weighted by atomic mass is 16.4. The summed E-state index contributed by atoms with van der Waals surface area (Å²) in [4.78, 5) is 53.6. The van der Waals surface area contributed by atoms with E-state index < -0.39 is 23.9 Å². The first kappa shape index (κ1) is 23.7. The molecule has 10 heteroatoms. The molecule has 0 aliphatic heterocycles. The van der Waals surface area contributed by atoms with Crippen molar-refractivity contribution in [2.24, 2.45) is 0 Å². The Hall–Kier alpha value is -3.95. The average Bonchev–Trinajstić information content (AvgIpc) is 3.17. The van der Waals surface area contributed by atoms with E-state index in [0.717, 1.165) is 17.6 Å². The summed E-state index contributed by atoms with van der Waals surface area (Å²) in [5.41, 5.74) is 8.77. The molecule has 1 aliphatic carbocycles. The normalized spacial score (nSPS) is 15.6. The molecule has 33 heavy (non-hydrogen) atoms. The zero-order valence-electron chi connectivity index (χ0n) is 18.1. The fourth-order valence-corrected chi connectivity index (χ4v) is 3.94. The predicted molar refractivity (Wildman–Crippen MR) is 121 cm³/mol. The van der Waals surface area contributed by atoms with Crippen LogP contribution in [0.5, 0.6) is 0 Å². The molecule has 0 spiro atoms. The van der Waals surface area contributed by atoms with Crippen molar-refractivity contribution in [3.63, 3.8) is 0 Å². The standard InChI is InChI=1S/C23H26N4O6/c1-2-12(11-15-7-8-16-19(15)21(31)27-23(24)26-16)13-3-5-14(6-4-13)20(30)25-17(22(32)33)9-10-18(28)29/h3-6,11-12,17H,2,7-10H2,1H3,(H,25,30)(H,28,29)(H,32,33)(H3,24,26,27,31)/t12?,17-/m0/s1. The van der Waals surface area contributed by atoms with Gasteiger partial charge in [0, 0.05) is 17.9 Å². The molecule has 1 heterocycles. The van der Waals surface area contributed by atoms with Crippen molar-refractivity contribution in [1.29, 1.82) is 0 Å². The zero-order chi connectivity index (χ0) is 24.1. The zero-order valence-corrected chi connectivity index (χ0v) is 18.1. The molecule has 1 aliphatic rings. The second-order valence-corrected chi connectivity index (χ2v) is 7.90. The lowest BCUT2D eigenvalue weighted by atomic mass is 9.92. The van der Waals surface area contributed by atoms with E-state index in [-0.39, 0.29) is 35.8 Å². The molecule has 3 rings (SSSR count). The Balaban J connectivity index is 1.76. The van der Waals surface area contributed by atoms with Gasteiger partial charge in [0.1, 0.15) is 6.04 Å². The molecule has 2 atom stereocenters. The smallest absolute Gasteiger partial charge is 0.326 e. The van der Waals surface area contributed by atoms with Gasteiger partial charge in [-0.2, -0.15) is 0 Å². The van der Waals surface area contributed by atoms with Crippen molar-refractivity contribution in [1.82, 2.24) is 15.3 Å². The number of anilines is 1. The maximum atomic E-state index is 12.4. The van der Waals surface area contributed by atoms with Crippen LogP contribution in [0.3, 0.4) is 0 Å². The minimum absolute atomic E-state index is 0.00217. The van der Waals surface area contributed by atoms with Crippen LogP contribution in [0.2, 0.25) is 0 Å². The summed E-state index contributed by atoms with van der Waals surface area (Å²) in [7, 11) is 0. The van der Waals surface area contributed by atoms with Crippen LogP contribution >= 0.6 is 0 Å². The number of hydrogen-bond acceptors (Lipinski definition) is 6. The number of carboxylic acid groups (broad SMARTS) is 2. The number of nitrogens with zero attached hydrogens (tertiary/aromatic N) is 1. The van der Waals surface area contributed by atoms with Crippen molar-refractivity contribution >= 4 is 29.4 Å². The molecule has 0 saturated heterocycles. The minimum atomic E-state index is -1.29.